The van der Waals surface area contributed by atoms with Gasteiger partial charge < -0.3 is 15.6 Å². The lowest BCUT2D eigenvalue weighted by Gasteiger charge is -1.90. The van der Waals surface area contributed by atoms with Crippen LogP contribution in [0.15, 0.2) is 0 Å². The monoisotopic (exact) mass is 152 g/mol. The Bertz CT molecular complexity index is 38.0. The smallest absolute Gasteiger partial charge is 0.0204 e. The molecule has 0 saturated carbocycles. The molecule has 0 spiro atoms. The molecule has 4 N–H and O–H groups in total. The lowest BCUT2D eigenvalue weighted by atomic mass is 10.5. The van der Waals surface area contributed by atoms with Gasteiger partial charge in [-0.25, -0.2) is 5.48 Å². The Hall–Kier alpha value is -0.160. The van der Waals surface area contributed by atoms with Crippen LogP contribution in [0.1, 0.15) is 13.3 Å². The molecule has 0 heterocycles. The van der Waals surface area contributed by atoms with Crippen LogP contribution in [0.4, 0.5) is 0 Å². The van der Waals surface area contributed by atoms with Gasteiger partial charge >= 0.3 is 0 Å². The molecule has 4 heteroatoms. The molecule has 0 aliphatic heterocycles. The molecule has 0 fully saturated rings. The van der Waals surface area contributed by atoms with Crippen LogP contribution < -0.4 is 5.48 Å². The van der Waals surface area contributed by atoms with E-state index >= 15 is 0 Å². The van der Waals surface area contributed by atoms with Crippen LogP contribution in [0.5, 0.6) is 0 Å². The fourth-order valence-electron chi connectivity index (χ4n) is 0.112. The van der Waals surface area contributed by atoms with Crippen molar-refractivity contribution in [2.75, 3.05) is 27.7 Å². The van der Waals surface area contributed by atoms with Gasteiger partial charge in [-0.2, -0.15) is 0 Å². The van der Waals surface area contributed by atoms with Crippen molar-refractivity contribution in [3.05, 3.63) is 0 Å². The molecule has 0 aromatic heterocycles. The molecular weight excluding hydrogens is 132 g/mol. The zero-order chi connectivity index (χ0) is 7.70. The molecule has 0 unspecified atom stereocenters. The maximum absolute atomic E-state index is 7.82. The molecule has 4 nitrogen and oxygen atoms in total. The summed E-state index contributed by atoms with van der Waals surface area (Å²) in [5, 5.41) is 7.82. The summed E-state index contributed by atoms with van der Waals surface area (Å²) < 4.78 is 0. The quantitative estimate of drug-likeness (QED) is 0.535. The molecule has 0 radical (unpaired) electrons. The maximum atomic E-state index is 7.82. The van der Waals surface area contributed by atoms with Crippen molar-refractivity contribution in [3.8, 4) is 0 Å². The van der Waals surface area contributed by atoms with Crippen molar-refractivity contribution in [2.24, 2.45) is 0 Å². The van der Waals surface area contributed by atoms with Gasteiger partial charge in [0.2, 0.25) is 0 Å². The van der Waals surface area contributed by atoms with E-state index in [1.807, 2.05) is 38.4 Å². The molecule has 0 atom stereocenters. The van der Waals surface area contributed by atoms with Crippen LogP contribution in [0.3, 0.4) is 0 Å². The minimum Gasteiger partial charge on any atom is -0.412 e. The lowest BCUT2D eigenvalue weighted by Crippen LogP contribution is -2.06. The van der Waals surface area contributed by atoms with E-state index in [1.165, 1.54) is 0 Å². The largest absolute Gasteiger partial charge is 0.412 e. The molecule has 0 amide bonds. The van der Waals surface area contributed by atoms with Crippen LogP contribution in [0, 0.1) is 0 Å². The first-order valence-corrected chi connectivity index (χ1v) is 3.13. The maximum Gasteiger partial charge on any atom is 0.0204 e. The molecule has 66 valence electrons. The van der Waals surface area contributed by atoms with E-state index in [9.17, 15) is 0 Å². The molecule has 0 saturated heterocycles. The first kappa shape index (κ1) is 16.4. The summed E-state index contributed by atoms with van der Waals surface area (Å²) in [5.41, 5.74) is 2.02. The van der Waals surface area contributed by atoms with Gasteiger partial charge in [-0.05, 0) is 27.6 Å². The SMILES string of the molecule is CCCNO.CN(C)C.O. The number of rotatable bonds is 2. The van der Waals surface area contributed by atoms with Gasteiger partial charge in [-0.3, -0.25) is 0 Å². The summed E-state index contributed by atoms with van der Waals surface area (Å²) in [7, 11) is 6.00. The predicted octanol–water partition coefficient (Wildman–Crippen LogP) is -0.272. The van der Waals surface area contributed by atoms with Gasteiger partial charge in [0.25, 0.3) is 0 Å². The van der Waals surface area contributed by atoms with E-state index < -0.39 is 0 Å². The zero-order valence-corrected chi connectivity index (χ0v) is 7.31. The average molecular weight is 152 g/mol. The van der Waals surface area contributed by atoms with Crippen molar-refractivity contribution < 1.29 is 10.7 Å². The number of nitrogens with zero attached hydrogens (tertiary/aromatic N) is 1. The first-order chi connectivity index (χ1) is 4.15. The highest BCUT2D eigenvalue weighted by Crippen LogP contribution is 1.62. The van der Waals surface area contributed by atoms with Gasteiger partial charge in [0.05, 0.1) is 0 Å². The standard InChI is InChI=1S/C3H9NO.C3H9N.H2O/c1-2-3-4-5;1-4(2)3;/h4-5H,2-3H2,1H3;1-3H3;1H2. The van der Waals surface area contributed by atoms with Gasteiger partial charge in [0.1, 0.15) is 0 Å². The molecule has 0 aromatic carbocycles. The second-order valence-electron chi connectivity index (χ2n) is 2.25. The summed E-state index contributed by atoms with van der Waals surface area (Å²) in [4.78, 5) is 2.00. The fourth-order valence-corrected chi connectivity index (χ4v) is 0.112. The molecule has 10 heavy (non-hydrogen) atoms. The summed E-state index contributed by atoms with van der Waals surface area (Å²) in [6.45, 7) is 2.68. The first-order valence-electron chi connectivity index (χ1n) is 3.13. The summed E-state index contributed by atoms with van der Waals surface area (Å²) >= 11 is 0. The Balaban J connectivity index is -0.0000000910. The summed E-state index contributed by atoms with van der Waals surface area (Å²) in [5.74, 6) is 0. The topological polar surface area (TPSA) is 67.0 Å². The Labute approximate surface area is 63.1 Å². The van der Waals surface area contributed by atoms with Crippen molar-refractivity contribution in [1.29, 1.82) is 0 Å². The Kier molecular flexibility index (Phi) is 26.2. The number of hydrogen-bond acceptors (Lipinski definition) is 3. The van der Waals surface area contributed by atoms with Crippen LogP contribution in [-0.4, -0.2) is 43.3 Å². The Morgan fingerprint density at radius 3 is 1.60 bits per heavy atom. The van der Waals surface area contributed by atoms with Gasteiger partial charge in [0, 0.05) is 6.54 Å². The third kappa shape index (κ3) is 108. The zero-order valence-electron chi connectivity index (χ0n) is 7.31. The van der Waals surface area contributed by atoms with Gasteiger partial charge in [0.15, 0.2) is 0 Å². The van der Waals surface area contributed by atoms with Crippen molar-refractivity contribution in [1.82, 2.24) is 10.4 Å². The van der Waals surface area contributed by atoms with Crippen molar-refractivity contribution >= 4 is 0 Å². The second-order valence-corrected chi connectivity index (χ2v) is 2.25. The van der Waals surface area contributed by atoms with E-state index in [-0.39, 0.29) is 5.48 Å². The minimum atomic E-state index is 0. The van der Waals surface area contributed by atoms with E-state index in [1.54, 1.807) is 0 Å². The molecule has 0 bridgehead atoms. The number of hydroxylamine groups is 1. The van der Waals surface area contributed by atoms with Crippen molar-refractivity contribution in [3.63, 3.8) is 0 Å². The molecule has 0 aromatic rings. The van der Waals surface area contributed by atoms with Gasteiger partial charge in [-0.1, -0.05) is 6.92 Å². The molecule has 0 rings (SSSR count). The van der Waals surface area contributed by atoms with E-state index in [2.05, 4.69) is 0 Å². The van der Waals surface area contributed by atoms with Crippen LogP contribution >= 0.6 is 0 Å². The third-order valence-electron chi connectivity index (χ3n) is 0.362. The van der Waals surface area contributed by atoms with Gasteiger partial charge in [-0.15, -0.1) is 0 Å². The minimum absolute atomic E-state index is 0. The van der Waals surface area contributed by atoms with Crippen LogP contribution in [0.25, 0.3) is 0 Å². The van der Waals surface area contributed by atoms with Crippen LogP contribution in [0.2, 0.25) is 0 Å². The normalized spacial score (nSPS) is 7.80. The highest BCUT2D eigenvalue weighted by molar-refractivity contribution is 4.22. The van der Waals surface area contributed by atoms with Crippen LogP contribution in [-0.2, 0) is 0 Å². The fraction of sp³-hybridized carbons (Fsp3) is 1.00. The Morgan fingerprint density at radius 1 is 1.30 bits per heavy atom. The molecule has 0 aliphatic carbocycles. The highest BCUT2D eigenvalue weighted by Gasteiger charge is 1.66. The average Bonchev–Trinajstić information content (AvgIpc) is 1.66. The lowest BCUT2D eigenvalue weighted by molar-refractivity contribution is 0.167. The Morgan fingerprint density at radius 2 is 1.60 bits per heavy atom. The third-order valence-corrected chi connectivity index (χ3v) is 0.362. The summed E-state index contributed by atoms with van der Waals surface area (Å²) in [6.07, 6.45) is 0.983. The predicted molar refractivity (Wildman–Crippen MR) is 43.3 cm³/mol. The molecular formula is C6H20N2O2. The van der Waals surface area contributed by atoms with E-state index in [4.69, 9.17) is 5.21 Å². The van der Waals surface area contributed by atoms with E-state index in [0.717, 1.165) is 6.42 Å². The second kappa shape index (κ2) is 15.9. The van der Waals surface area contributed by atoms with Crippen molar-refractivity contribution in [2.45, 2.75) is 13.3 Å². The number of hydrogen-bond donors (Lipinski definition) is 2. The number of nitrogens with one attached hydrogen (secondary N) is 1. The molecule has 0 aliphatic rings. The van der Waals surface area contributed by atoms with E-state index in [0.29, 0.717) is 6.54 Å². The summed E-state index contributed by atoms with van der Waals surface area (Å²) in [6, 6.07) is 0. The highest BCUT2D eigenvalue weighted by atomic mass is 16.5.